The highest BCUT2D eigenvalue weighted by Gasteiger charge is 2.51. The van der Waals surface area contributed by atoms with Crippen LogP contribution in [-0.2, 0) is 44.2 Å². The zero-order chi connectivity index (χ0) is 36.0. The van der Waals surface area contributed by atoms with Crippen LogP contribution in [0, 0.1) is 23.7 Å². The average Bonchev–Trinajstić information content (AvgIpc) is 3.50. The second-order valence-electron chi connectivity index (χ2n) is 14.5. The Morgan fingerprint density at radius 3 is 2.47 bits per heavy atom. The number of fused-ring (bicyclic) bond motifs is 5. The minimum Gasteiger partial charge on any atom is -0.457 e. The van der Waals surface area contributed by atoms with Gasteiger partial charge in [-0.25, -0.2) is 14.6 Å². The van der Waals surface area contributed by atoms with Crippen molar-refractivity contribution < 1.29 is 28.6 Å². The van der Waals surface area contributed by atoms with Gasteiger partial charge in [0.15, 0.2) is 0 Å². The SMILES string of the molecule is CC#C[C@@]1(OC(=O)C(C)C(C)C)C(=O)OCc2c1cc1n(c2=O)Cc2c-1nc1ccc(OC(=O)N3CCC(N4CCCCC4)CC3)cc1c2CC. The molecule has 0 aliphatic carbocycles. The van der Waals surface area contributed by atoms with Gasteiger partial charge in [-0.3, -0.25) is 9.59 Å². The molecule has 1 unspecified atom stereocenters. The van der Waals surface area contributed by atoms with Crippen LogP contribution in [0.15, 0.2) is 29.1 Å². The van der Waals surface area contributed by atoms with Crippen molar-refractivity contribution in [2.45, 2.75) is 97.9 Å². The molecular formula is C40H46N4O7. The van der Waals surface area contributed by atoms with Gasteiger partial charge in [0.1, 0.15) is 12.4 Å². The van der Waals surface area contributed by atoms with Crippen LogP contribution in [0.3, 0.4) is 0 Å². The summed E-state index contributed by atoms with van der Waals surface area (Å²) in [6.45, 7) is 12.8. The van der Waals surface area contributed by atoms with E-state index in [0.717, 1.165) is 42.4 Å². The highest BCUT2D eigenvalue weighted by atomic mass is 16.6. The number of carbonyl (C=O) groups excluding carboxylic acids is 3. The molecule has 51 heavy (non-hydrogen) atoms. The summed E-state index contributed by atoms with van der Waals surface area (Å²) >= 11 is 0. The first kappa shape index (κ1) is 34.7. The van der Waals surface area contributed by atoms with Crippen LogP contribution in [-0.4, -0.2) is 69.6 Å². The molecule has 4 aliphatic rings. The molecule has 0 bridgehead atoms. The number of carbonyl (C=O) groups is 3. The molecule has 2 aromatic heterocycles. The first-order valence-electron chi connectivity index (χ1n) is 18.3. The van der Waals surface area contributed by atoms with Crippen LogP contribution in [0.2, 0.25) is 0 Å². The number of nitrogens with zero attached hydrogens (tertiary/aromatic N) is 4. The summed E-state index contributed by atoms with van der Waals surface area (Å²) < 4.78 is 18.9. The molecule has 0 N–H and O–H groups in total. The molecule has 2 fully saturated rings. The largest absolute Gasteiger partial charge is 0.457 e. The normalized spacial score (nSPS) is 20.9. The zero-order valence-electron chi connectivity index (χ0n) is 30.2. The van der Waals surface area contributed by atoms with Crippen LogP contribution < -0.4 is 10.3 Å². The van der Waals surface area contributed by atoms with E-state index < -0.39 is 23.5 Å². The van der Waals surface area contributed by atoms with Gasteiger partial charge in [0.25, 0.3) is 11.2 Å². The molecule has 0 spiro atoms. The van der Waals surface area contributed by atoms with E-state index in [2.05, 4.69) is 16.7 Å². The fraction of sp³-hybridized carbons (Fsp3) is 0.525. The molecule has 11 nitrogen and oxygen atoms in total. The number of benzene rings is 1. The molecule has 7 rings (SSSR count). The number of rotatable bonds is 6. The van der Waals surface area contributed by atoms with Crippen LogP contribution >= 0.6 is 0 Å². The number of hydrogen-bond acceptors (Lipinski definition) is 9. The molecule has 11 heteroatoms. The maximum absolute atomic E-state index is 14.1. The number of pyridine rings is 2. The van der Waals surface area contributed by atoms with Crippen molar-refractivity contribution in [3.05, 3.63) is 56.9 Å². The number of piperidine rings is 2. The van der Waals surface area contributed by atoms with Gasteiger partial charge in [0.2, 0.25) is 0 Å². The molecule has 268 valence electrons. The number of likely N-dealkylation sites (tertiary alicyclic amines) is 2. The Morgan fingerprint density at radius 1 is 1.04 bits per heavy atom. The van der Waals surface area contributed by atoms with E-state index in [1.165, 1.54) is 19.3 Å². The minimum atomic E-state index is -2.08. The van der Waals surface area contributed by atoms with E-state index >= 15 is 0 Å². The smallest absolute Gasteiger partial charge is 0.415 e. The minimum absolute atomic E-state index is 0.0448. The van der Waals surface area contributed by atoms with E-state index in [0.29, 0.717) is 48.2 Å². The summed E-state index contributed by atoms with van der Waals surface area (Å²) in [5, 5.41) is 0.845. The van der Waals surface area contributed by atoms with E-state index in [4.69, 9.17) is 19.2 Å². The maximum Gasteiger partial charge on any atom is 0.415 e. The Kier molecular flexibility index (Phi) is 9.40. The number of hydrogen-bond donors (Lipinski definition) is 0. The van der Waals surface area contributed by atoms with Gasteiger partial charge in [0.05, 0.1) is 34.9 Å². The molecule has 1 amide bonds. The fourth-order valence-electron chi connectivity index (χ4n) is 8.00. The summed E-state index contributed by atoms with van der Waals surface area (Å²) in [5.41, 5.74) is 1.66. The number of aromatic nitrogens is 2. The van der Waals surface area contributed by atoms with Crippen molar-refractivity contribution in [2.24, 2.45) is 11.8 Å². The molecule has 0 radical (unpaired) electrons. The molecule has 4 aliphatic heterocycles. The van der Waals surface area contributed by atoms with Crippen LogP contribution in [0.25, 0.3) is 22.3 Å². The van der Waals surface area contributed by atoms with Gasteiger partial charge >= 0.3 is 18.0 Å². The van der Waals surface area contributed by atoms with Gasteiger partial charge in [0, 0.05) is 35.6 Å². The molecule has 2 saturated heterocycles. The Balaban J connectivity index is 1.20. The van der Waals surface area contributed by atoms with Crippen molar-refractivity contribution in [2.75, 3.05) is 26.2 Å². The van der Waals surface area contributed by atoms with E-state index in [1.807, 2.05) is 32.9 Å². The number of cyclic esters (lactones) is 1. The molecule has 0 saturated carbocycles. The van der Waals surface area contributed by atoms with Gasteiger partial charge in [-0.1, -0.05) is 34.1 Å². The third kappa shape index (κ3) is 6.07. The number of amides is 1. The lowest BCUT2D eigenvalue weighted by Crippen LogP contribution is -2.48. The Labute approximate surface area is 298 Å². The second kappa shape index (κ2) is 13.8. The zero-order valence-corrected chi connectivity index (χ0v) is 30.2. The topological polar surface area (TPSA) is 120 Å². The first-order valence-corrected chi connectivity index (χ1v) is 18.3. The predicted molar refractivity (Wildman–Crippen MR) is 191 cm³/mol. The summed E-state index contributed by atoms with van der Waals surface area (Å²) in [7, 11) is 0. The summed E-state index contributed by atoms with van der Waals surface area (Å²) in [6.07, 6.45) is 6.03. The summed E-state index contributed by atoms with van der Waals surface area (Å²) in [5.74, 6) is 3.99. The molecule has 3 aromatic rings. The lowest BCUT2D eigenvalue weighted by atomic mass is 9.87. The van der Waals surface area contributed by atoms with Crippen molar-refractivity contribution in [1.29, 1.82) is 0 Å². The summed E-state index contributed by atoms with van der Waals surface area (Å²) in [6, 6.07) is 7.69. The first-order chi connectivity index (χ1) is 24.6. The number of aryl methyl sites for hydroxylation is 1. The lowest BCUT2D eigenvalue weighted by molar-refractivity contribution is -0.183. The monoisotopic (exact) mass is 694 g/mol. The Hall–Kier alpha value is -4.69. The molecule has 6 heterocycles. The van der Waals surface area contributed by atoms with Crippen molar-refractivity contribution in [3.63, 3.8) is 0 Å². The van der Waals surface area contributed by atoms with Gasteiger partial charge < -0.3 is 28.6 Å². The summed E-state index contributed by atoms with van der Waals surface area (Å²) in [4.78, 5) is 63.5. The third-order valence-electron chi connectivity index (χ3n) is 11.3. The number of ether oxygens (including phenoxy) is 3. The highest BCUT2D eigenvalue weighted by molar-refractivity contribution is 5.92. The lowest BCUT2D eigenvalue weighted by Gasteiger charge is -2.39. The Morgan fingerprint density at radius 2 is 1.78 bits per heavy atom. The average molecular weight is 695 g/mol. The second-order valence-corrected chi connectivity index (χ2v) is 14.5. The quantitative estimate of drug-likeness (QED) is 0.189. The van der Waals surface area contributed by atoms with Gasteiger partial charge in [-0.15, -0.1) is 5.92 Å². The van der Waals surface area contributed by atoms with E-state index in [1.54, 1.807) is 35.4 Å². The van der Waals surface area contributed by atoms with Crippen molar-refractivity contribution >= 4 is 28.9 Å². The molecular weight excluding hydrogens is 648 g/mol. The van der Waals surface area contributed by atoms with E-state index in [9.17, 15) is 19.2 Å². The molecule has 2 atom stereocenters. The fourth-order valence-corrected chi connectivity index (χ4v) is 8.00. The number of esters is 2. The third-order valence-corrected chi connectivity index (χ3v) is 11.3. The van der Waals surface area contributed by atoms with Crippen LogP contribution in [0.1, 0.15) is 89.0 Å². The maximum atomic E-state index is 14.1. The van der Waals surface area contributed by atoms with Crippen molar-refractivity contribution in [3.8, 4) is 29.0 Å². The van der Waals surface area contributed by atoms with Gasteiger partial charge in [-0.2, -0.15) is 0 Å². The molecule has 1 aromatic carbocycles. The van der Waals surface area contributed by atoms with Crippen LogP contribution in [0.5, 0.6) is 5.75 Å². The van der Waals surface area contributed by atoms with E-state index in [-0.39, 0.29) is 41.8 Å². The van der Waals surface area contributed by atoms with Gasteiger partial charge in [-0.05, 0) is 93.8 Å². The highest BCUT2D eigenvalue weighted by Crippen LogP contribution is 2.41. The van der Waals surface area contributed by atoms with Crippen LogP contribution in [0.4, 0.5) is 4.79 Å². The Bertz CT molecular complexity index is 2030. The van der Waals surface area contributed by atoms with Crippen molar-refractivity contribution in [1.82, 2.24) is 19.4 Å². The standard InChI is InChI=1S/C40H46N4O7/c1-6-15-40(51-37(46)25(5)24(3)4)32-21-34-35-30(22-44(34)36(45)31(32)23-49-38(40)47)28(7-2)29-20-27(11-12-33(29)41-35)50-39(48)43-18-13-26(14-19-43)42-16-9-8-10-17-42/h11-12,20-21,24-26H,7-10,13-14,16-19,22-23H2,1-5H3/t25?,40-/m0/s1. The predicted octanol–water partition coefficient (Wildman–Crippen LogP) is 5.55.